The van der Waals surface area contributed by atoms with Crippen LogP contribution in [0.1, 0.15) is 18.3 Å². The van der Waals surface area contributed by atoms with Crippen LogP contribution in [0.4, 0.5) is 5.69 Å². The van der Waals surface area contributed by atoms with Crippen LogP contribution in [0.3, 0.4) is 0 Å². The molecule has 4 aromatic rings. The zero-order valence-electron chi connectivity index (χ0n) is 17.9. The van der Waals surface area contributed by atoms with Crippen molar-refractivity contribution in [1.29, 1.82) is 0 Å². The molecule has 1 atom stereocenters. The standard InChI is InChI=1S/C25H24N4O2S/c1-18-13-15-22(16-14-18)31-17-23-27-28-25(29(23)21-11-7-4-8-12-21)32-19(2)24(30)26-20-9-5-3-6-10-20/h3-16,19H,17H2,1-2H3,(H,26,30)/t19-/m1/s1. The maximum Gasteiger partial charge on any atom is 0.237 e. The van der Waals surface area contributed by atoms with Crippen LogP contribution in [0.2, 0.25) is 0 Å². The van der Waals surface area contributed by atoms with Gasteiger partial charge >= 0.3 is 0 Å². The number of carbonyl (C=O) groups excluding carboxylic acids is 1. The van der Waals surface area contributed by atoms with E-state index < -0.39 is 0 Å². The van der Waals surface area contributed by atoms with E-state index in [4.69, 9.17) is 4.74 Å². The molecule has 0 saturated carbocycles. The Balaban J connectivity index is 1.53. The second-order valence-corrected chi connectivity index (χ2v) is 8.59. The highest BCUT2D eigenvalue weighted by molar-refractivity contribution is 8.00. The third kappa shape index (κ3) is 5.36. The van der Waals surface area contributed by atoms with Crippen molar-refractivity contribution in [3.05, 3.63) is 96.3 Å². The Morgan fingerprint density at radius 2 is 1.62 bits per heavy atom. The van der Waals surface area contributed by atoms with Crippen molar-refractivity contribution in [1.82, 2.24) is 14.8 Å². The molecule has 1 aromatic heterocycles. The van der Waals surface area contributed by atoms with Crippen LogP contribution >= 0.6 is 11.8 Å². The molecule has 0 radical (unpaired) electrons. The first-order valence-electron chi connectivity index (χ1n) is 10.3. The fraction of sp³-hybridized carbons (Fsp3) is 0.160. The van der Waals surface area contributed by atoms with Crippen molar-refractivity contribution >= 4 is 23.4 Å². The summed E-state index contributed by atoms with van der Waals surface area (Å²) < 4.78 is 7.88. The van der Waals surface area contributed by atoms with E-state index in [0.29, 0.717) is 11.0 Å². The molecule has 3 aromatic carbocycles. The lowest BCUT2D eigenvalue weighted by Gasteiger charge is -2.14. The number of rotatable bonds is 8. The minimum absolute atomic E-state index is 0.0960. The summed E-state index contributed by atoms with van der Waals surface area (Å²) in [6.45, 7) is 4.15. The molecule has 0 aliphatic carbocycles. The average molecular weight is 445 g/mol. The Morgan fingerprint density at radius 3 is 2.31 bits per heavy atom. The van der Waals surface area contributed by atoms with Crippen LogP contribution in [-0.2, 0) is 11.4 Å². The summed E-state index contributed by atoms with van der Waals surface area (Å²) in [6, 6.07) is 27.1. The van der Waals surface area contributed by atoms with Crippen LogP contribution in [0.25, 0.3) is 5.69 Å². The summed E-state index contributed by atoms with van der Waals surface area (Å²) in [6.07, 6.45) is 0. The van der Waals surface area contributed by atoms with Gasteiger partial charge in [-0.15, -0.1) is 10.2 Å². The maximum absolute atomic E-state index is 12.7. The topological polar surface area (TPSA) is 69.0 Å². The minimum Gasteiger partial charge on any atom is -0.486 e. The predicted molar refractivity (Wildman–Crippen MR) is 127 cm³/mol. The first kappa shape index (κ1) is 21.6. The molecule has 1 heterocycles. The number of para-hydroxylation sites is 2. The van der Waals surface area contributed by atoms with E-state index in [0.717, 1.165) is 17.1 Å². The van der Waals surface area contributed by atoms with Gasteiger partial charge in [-0.05, 0) is 50.2 Å². The van der Waals surface area contributed by atoms with E-state index in [1.54, 1.807) is 0 Å². The highest BCUT2D eigenvalue weighted by Crippen LogP contribution is 2.27. The predicted octanol–water partition coefficient (Wildman–Crippen LogP) is 5.27. The van der Waals surface area contributed by atoms with E-state index >= 15 is 0 Å². The third-order valence-corrected chi connectivity index (χ3v) is 5.84. The van der Waals surface area contributed by atoms with Crippen molar-refractivity contribution in [2.24, 2.45) is 0 Å². The number of aryl methyl sites for hydroxylation is 1. The number of thioether (sulfide) groups is 1. The van der Waals surface area contributed by atoms with Gasteiger partial charge in [0.15, 0.2) is 11.0 Å². The van der Waals surface area contributed by atoms with Crippen molar-refractivity contribution < 1.29 is 9.53 Å². The lowest BCUT2D eigenvalue weighted by atomic mass is 10.2. The molecular weight excluding hydrogens is 420 g/mol. The molecular formula is C25H24N4O2S. The Morgan fingerprint density at radius 1 is 0.969 bits per heavy atom. The Bertz CT molecular complexity index is 1160. The molecule has 0 aliphatic heterocycles. The summed E-state index contributed by atoms with van der Waals surface area (Å²) in [7, 11) is 0. The first-order valence-corrected chi connectivity index (χ1v) is 11.2. The van der Waals surface area contributed by atoms with E-state index in [2.05, 4.69) is 15.5 Å². The molecule has 7 heteroatoms. The van der Waals surface area contributed by atoms with Gasteiger partial charge < -0.3 is 10.1 Å². The van der Waals surface area contributed by atoms with Crippen LogP contribution in [-0.4, -0.2) is 25.9 Å². The maximum atomic E-state index is 12.7. The van der Waals surface area contributed by atoms with Crippen molar-refractivity contribution in [2.45, 2.75) is 30.9 Å². The van der Waals surface area contributed by atoms with Crippen molar-refractivity contribution in [3.8, 4) is 11.4 Å². The van der Waals surface area contributed by atoms with Gasteiger partial charge in [0.2, 0.25) is 5.91 Å². The van der Waals surface area contributed by atoms with Crippen LogP contribution in [0, 0.1) is 6.92 Å². The summed E-state index contributed by atoms with van der Waals surface area (Å²) in [5.41, 5.74) is 2.85. The second-order valence-electron chi connectivity index (χ2n) is 7.29. The molecule has 162 valence electrons. The van der Waals surface area contributed by atoms with E-state index in [9.17, 15) is 4.79 Å². The largest absolute Gasteiger partial charge is 0.486 e. The monoisotopic (exact) mass is 444 g/mol. The highest BCUT2D eigenvalue weighted by atomic mass is 32.2. The molecule has 1 amide bonds. The molecule has 4 rings (SSSR count). The van der Waals surface area contributed by atoms with Gasteiger partial charge in [0, 0.05) is 11.4 Å². The van der Waals surface area contributed by atoms with Gasteiger partial charge in [-0.3, -0.25) is 9.36 Å². The lowest BCUT2D eigenvalue weighted by molar-refractivity contribution is -0.115. The SMILES string of the molecule is Cc1ccc(OCc2nnc(S[C@H](C)C(=O)Nc3ccccc3)n2-c2ccccc2)cc1. The van der Waals surface area contributed by atoms with Gasteiger partial charge in [-0.2, -0.15) is 0 Å². The number of hydrogen-bond donors (Lipinski definition) is 1. The van der Waals surface area contributed by atoms with Crippen LogP contribution in [0.15, 0.2) is 90.1 Å². The average Bonchev–Trinajstić information content (AvgIpc) is 3.22. The Labute approximate surface area is 191 Å². The zero-order chi connectivity index (χ0) is 22.3. The minimum atomic E-state index is -0.368. The number of aromatic nitrogens is 3. The summed E-state index contributed by atoms with van der Waals surface area (Å²) in [5, 5.41) is 11.9. The molecule has 0 aliphatic rings. The van der Waals surface area contributed by atoms with E-state index in [1.807, 2.05) is 103 Å². The quantitative estimate of drug-likeness (QED) is 0.375. The Hall–Kier alpha value is -3.58. The fourth-order valence-corrected chi connectivity index (χ4v) is 3.95. The van der Waals surface area contributed by atoms with Gasteiger partial charge in [0.05, 0.1) is 5.25 Å². The van der Waals surface area contributed by atoms with Crippen LogP contribution in [0.5, 0.6) is 5.75 Å². The van der Waals surface area contributed by atoms with Crippen molar-refractivity contribution in [3.63, 3.8) is 0 Å². The summed E-state index contributed by atoms with van der Waals surface area (Å²) in [5.74, 6) is 1.33. The molecule has 32 heavy (non-hydrogen) atoms. The lowest BCUT2D eigenvalue weighted by Crippen LogP contribution is -2.22. The number of nitrogens with zero attached hydrogens (tertiary/aromatic N) is 3. The molecule has 0 bridgehead atoms. The molecule has 0 spiro atoms. The van der Waals surface area contributed by atoms with Gasteiger partial charge in [0.25, 0.3) is 0 Å². The molecule has 6 nitrogen and oxygen atoms in total. The summed E-state index contributed by atoms with van der Waals surface area (Å²) >= 11 is 1.36. The molecule has 0 saturated heterocycles. The third-order valence-electron chi connectivity index (χ3n) is 4.80. The number of benzene rings is 3. The van der Waals surface area contributed by atoms with E-state index in [1.165, 1.54) is 17.3 Å². The van der Waals surface area contributed by atoms with Gasteiger partial charge in [-0.25, -0.2) is 0 Å². The smallest absolute Gasteiger partial charge is 0.237 e. The highest BCUT2D eigenvalue weighted by Gasteiger charge is 2.21. The number of amides is 1. The number of nitrogens with one attached hydrogen (secondary N) is 1. The summed E-state index contributed by atoms with van der Waals surface area (Å²) in [4.78, 5) is 12.7. The molecule has 0 fully saturated rings. The zero-order valence-corrected chi connectivity index (χ0v) is 18.8. The number of carbonyl (C=O) groups is 1. The number of hydrogen-bond acceptors (Lipinski definition) is 5. The molecule has 1 N–H and O–H groups in total. The Kier molecular flexibility index (Phi) is 6.87. The van der Waals surface area contributed by atoms with Gasteiger partial charge in [-0.1, -0.05) is 65.9 Å². The number of ether oxygens (including phenoxy) is 1. The fourth-order valence-electron chi connectivity index (χ4n) is 3.07. The first-order chi connectivity index (χ1) is 15.6. The second kappa shape index (κ2) is 10.2. The van der Waals surface area contributed by atoms with Crippen molar-refractivity contribution in [2.75, 3.05) is 5.32 Å². The van der Waals surface area contributed by atoms with Crippen LogP contribution < -0.4 is 10.1 Å². The normalized spacial score (nSPS) is 11.7. The number of anilines is 1. The van der Waals surface area contributed by atoms with Gasteiger partial charge in [0.1, 0.15) is 12.4 Å². The molecule has 0 unspecified atom stereocenters. The van der Waals surface area contributed by atoms with E-state index in [-0.39, 0.29) is 17.8 Å².